The molecule has 130 valence electrons. The molecule has 25 heavy (non-hydrogen) atoms. The van der Waals surface area contributed by atoms with Gasteiger partial charge < -0.3 is 9.67 Å². The average molecular weight is 347 g/mol. The maximum absolute atomic E-state index is 14.4. The van der Waals surface area contributed by atoms with Crippen molar-refractivity contribution >= 4 is 11.5 Å². The number of halogens is 2. The van der Waals surface area contributed by atoms with Gasteiger partial charge in [-0.25, -0.2) is 18.1 Å². The van der Waals surface area contributed by atoms with E-state index in [4.69, 9.17) is 0 Å². The lowest BCUT2D eigenvalue weighted by atomic mass is 10.1. The van der Waals surface area contributed by atoms with Crippen LogP contribution in [0.25, 0.3) is 16.8 Å². The summed E-state index contributed by atoms with van der Waals surface area (Å²) in [6.07, 6.45) is 1.34. The summed E-state index contributed by atoms with van der Waals surface area (Å²) in [6.45, 7) is 4.81. The van der Waals surface area contributed by atoms with Gasteiger partial charge in [-0.2, -0.15) is 5.10 Å². The third-order valence-electron chi connectivity index (χ3n) is 4.20. The second kappa shape index (κ2) is 5.80. The Balaban J connectivity index is 2.43. The molecule has 0 spiro atoms. The summed E-state index contributed by atoms with van der Waals surface area (Å²) in [7, 11) is 0. The van der Waals surface area contributed by atoms with Crippen LogP contribution in [0.1, 0.15) is 28.5 Å². The number of benzene rings is 1. The van der Waals surface area contributed by atoms with E-state index in [9.17, 15) is 23.5 Å². The molecule has 3 aromatic rings. The summed E-state index contributed by atoms with van der Waals surface area (Å²) in [5.74, 6) is -3.32. The Morgan fingerprint density at radius 3 is 2.52 bits per heavy atom. The van der Waals surface area contributed by atoms with Crippen molar-refractivity contribution in [3.05, 3.63) is 57.1 Å². The van der Waals surface area contributed by atoms with Crippen molar-refractivity contribution in [3.8, 4) is 11.3 Å². The predicted molar refractivity (Wildman–Crippen MR) is 86.9 cm³/mol. The molecule has 0 aliphatic rings. The number of aromatic carboxylic acids is 1. The van der Waals surface area contributed by atoms with E-state index in [-0.39, 0.29) is 40.1 Å². The van der Waals surface area contributed by atoms with Crippen LogP contribution in [0.4, 0.5) is 8.78 Å². The number of fused-ring (bicyclic) bond motifs is 1. The van der Waals surface area contributed by atoms with Crippen LogP contribution >= 0.6 is 0 Å². The molecule has 8 heteroatoms. The lowest BCUT2D eigenvalue weighted by Gasteiger charge is -2.13. The van der Waals surface area contributed by atoms with Crippen molar-refractivity contribution < 1.29 is 18.7 Å². The van der Waals surface area contributed by atoms with Gasteiger partial charge in [0.2, 0.25) is 0 Å². The molecule has 2 heterocycles. The van der Waals surface area contributed by atoms with Gasteiger partial charge in [-0.1, -0.05) is 6.07 Å². The van der Waals surface area contributed by atoms with Gasteiger partial charge in [-0.3, -0.25) is 4.79 Å². The van der Waals surface area contributed by atoms with E-state index < -0.39 is 23.2 Å². The highest BCUT2D eigenvalue weighted by Crippen LogP contribution is 2.26. The van der Waals surface area contributed by atoms with Gasteiger partial charge in [0.25, 0.3) is 5.56 Å². The van der Waals surface area contributed by atoms with Crippen LogP contribution < -0.4 is 5.56 Å². The minimum absolute atomic E-state index is 0.0889. The summed E-state index contributed by atoms with van der Waals surface area (Å²) in [5, 5.41) is 13.1. The minimum atomic E-state index is -1.27. The number of rotatable bonds is 3. The van der Waals surface area contributed by atoms with Crippen molar-refractivity contribution in [2.75, 3.05) is 0 Å². The quantitative estimate of drug-likeness (QED) is 0.790. The molecule has 0 radical (unpaired) electrons. The molecule has 1 aromatic carbocycles. The maximum Gasteiger partial charge on any atom is 0.356 e. The molecule has 6 nitrogen and oxygen atoms in total. The number of aryl methyl sites for hydroxylation is 2. The largest absolute Gasteiger partial charge is 0.476 e. The summed E-state index contributed by atoms with van der Waals surface area (Å²) in [6, 6.07) is 2.80. The lowest BCUT2D eigenvalue weighted by Crippen LogP contribution is -2.24. The molecule has 3 rings (SSSR count). The Labute approximate surface area is 140 Å². The standard InChI is InChI=1S/C17H15F2N3O3/c1-4-21-11(10-6-5-8(2)12(18)13(10)19)7-22-15(16(21)23)9(3)14(20-22)17(24)25/h5-7H,4H2,1-3H3,(H,24,25). The van der Waals surface area contributed by atoms with Crippen LogP contribution in [0.15, 0.2) is 23.1 Å². The van der Waals surface area contributed by atoms with E-state index in [2.05, 4.69) is 5.10 Å². The van der Waals surface area contributed by atoms with Gasteiger partial charge in [0.05, 0.1) is 11.9 Å². The van der Waals surface area contributed by atoms with Gasteiger partial charge in [0, 0.05) is 17.7 Å². The van der Waals surface area contributed by atoms with Crippen LogP contribution in [-0.2, 0) is 6.54 Å². The zero-order valence-corrected chi connectivity index (χ0v) is 13.8. The highest BCUT2D eigenvalue weighted by molar-refractivity contribution is 5.89. The molecule has 0 bridgehead atoms. The average Bonchev–Trinajstić information content (AvgIpc) is 2.90. The SMILES string of the molecule is CCn1c(-c2ccc(C)c(F)c2F)cn2nc(C(=O)O)c(C)c2c1=O. The second-order valence-corrected chi connectivity index (χ2v) is 5.69. The van der Waals surface area contributed by atoms with Crippen molar-refractivity contribution in [2.24, 2.45) is 0 Å². The first-order valence-electron chi connectivity index (χ1n) is 7.59. The van der Waals surface area contributed by atoms with E-state index in [1.807, 2.05) is 0 Å². The highest BCUT2D eigenvalue weighted by Gasteiger charge is 2.22. The molecule has 1 N–H and O–H groups in total. The van der Waals surface area contributed by atoms with Gasteiger partial charge in [0.15, 0.2) is 17.3 Å². The third-order valence-corrected chi connectivity index (χ3v) is 4.20. The molecular weight excluding hydrogens is 332 g/mol. The Morgan fingerprint density at radius 1 is 1.24 bits per heavy atom. The molecule has 2 aromatic heterocycles. The predicted octanol–water partition coefficient (Wildman–Crippen LogP) is 2.78. The van der Waals surface area contributed by atoms with E-state index >= 15 is 0 Å². The Hall–Kier alpha value is -3.03. The monoisotopic (exact) mass is 347 g/mol. The fourth-order valence-corrected chi connectivity index (χ4v) is 2.87. The zero-order valence-electron chi connectivity index (χ0n) is 13.8. The smallest absolute Gasteiger partial charge is 0.356 e. The van der Waals surface area contributed by atoms with Crippen LogP contribution in [0.2, 0.25) is 0 Å². The molecular formula is C17H15F2N3O3. The Morgan fingerprint density at radius 2 is 1.92 bits per heavy atom. The number of nitrogens with zero attached hydrogens (tertiary/aromatic N) is 3. The first kappa shape index (κ1) is 16.8. The fraction of sp³-hybridized carbons (Fsp3) is 0.235. The van der Waals surface area contributed by atoms with Gasteiger partial charge >= 0.3 is 5.97 Å². The molecule has 0 unspecified atom stereocenters. The fourth-order valence-electron chi connectivity index (χ4n) is 2.87. The molecule has 0 atom stereocenters. The Kier molecular flexibility index (Phi) is 3.90. The van der Waals surface area contributed by atoms with Gasteiger partial charge in [-0.05, 0) is 32.4 Å². The molecule has 0 saturated heterocycles. The van der Waals surface area contributed by atoms with Gasteiger partial charge in [0.1, 0.15) is 5.52 Å². The van der Waals surface area contributed by atoms with Crippen LogP contribution in [0.3, 0.4) is 0 Å². The van der Waals surface area contributed by atoms with Gasteiger partial charge in [-0.15, -0.1) is 0 Å². The number of hydrogen-bond donors (Lipinski definition) is 1. The van der Waals surface area contributed by atoms with E-state index in [0.717, 1.165) is 4.52 Å². The maximum atomic E-state index is 14.4. The van der Waals surface area contributed by atoms with Crippen LogP contribution in [-0.4, -0.2) is 25.3 Å². The molecule has 0 aliphatic carbocycles. The number of hydrogen-bond acceptors (Lipinski definition) is 3. The van der Waals surface area contributed by atoms with E-state index in [1.54, 1.807) is 6.92 Å². The molecule has 0 aliphatic heterocycles. The topological polar surface area (TPSA) is 76.6 Å². The Bertz CT molecular complexity index is 1080. The number of carboxylic acid groups (broad SMARTS) is 1. The summed E-state index contributed by atoms with van der Waals surface area (Å²) in [5.41, 5.74) is -0.274. The second-order valence-electron chi connectivity index (χ2n) is 5.69. The number of aromatic nitrogens is 3. The summed E-state index contributed by atoms with van der Waals surface area (Å²) >= 11 is 0. The third kappa shape index (κ3) is 2.41. The normalized spacial score (nSPS) is 11.2. The van der Waals surface area contributed by atoms with Crippen molar-refractivity contribution in [2.45, 2.75) is 27.3 Å². The van der Waals surface area contributed by atoms with Crippen LogP contribution in [0.5, 0.6) is 0 Å². The van der Waals surface area contributed by atoms with Crippen molar-refractivity contribution in [1.29, 1.82) is 0 Å². The number of carbonyl (C=O) groups is 1. The van der Waals surface area contributed by atoms with E-state index in [1.165, 1.54) is 36.7 Å². The minimum Gasteiger partial charge on any atom is -0.476 e. The zero-order chi connectivity index (χ0) is 18.5. The first-order chi connectivity index (χ1) is 11.8. The lowest BCUT2D eigenvalue weighted by molar-refractivity contribution is 0.0689. The highest BCUT2D eigenvalue weighted by atomic mass is 19.2. The summed E-state index contributed by atoms with van der Waals surface area (Å²) < 4.78 is 30.7. The molecule has 0 saturated carbocycles. The van der Waals surface area contributed by atoms with Crippen LogP contribution in [0, 0.1) is 25.5 Å². The van der Waals surface area contributed by atoms with Crippen molar-refractivity contribution in [1.82, 2.24) is 14.2 Å². The first-order valence-corrected chi connectivity index (χ1v) is 7.59. The molecule has 0 amide bonds. The number of carboxylic acids is 1. The summed E-state index contributed by atoms with van der Waals surface area (Å²) in [4.78, 5) is 24.0. The van der Waals surface area contributed by atoms with Crippen molar-refractivity contribution in [3.63, 3.8) is 0 Å². The van der Waals surface area contributed by atoms with E-state index in [0.29, 0.717) is 0 Å². The molecule has 0 fully saturated rings.